The normalized spacial score (nSPS) is 10.4. The van der Waals surface area contributed by atoms with Crippen LogP contribution in [0.25, 0.3) is 0 Å². The number of aryl methyl sites for hydroxylation is 1. The lowest BCUT2D eigenvalue weighted by atomic mass is 9.94. The van der Waals surface area contributed by atoms with Crippen molar-refractivity contribution in [1.82, 2.24) is 0 Å². The summed E-state index contributed by atoms with van der Waals surface area (Å²) in [4.78, 5) is 25.1. The number of aliphatic hydroxyl groups excluding tert-OH is 1. The maximum atomic E-state index is 12.9. The predicted octanol–water partition coefficient (Wildman–Crippen LogP) is 1.50. The number of hydrogen-bond donors (Lipinski definition) is 4. The van der Waals surface area contributed by atoms with Crippen molar-refractivity contribution in [2.45, 2.75) is 6.92 Å². The first-order chi connectivity index (χ1) is 12.3. The lowest BCUT2D eigenvalue weighted by Gasteiger charge is -2.14. The van der Waals surface area contributed by atoms with Crippen LogP contribution in [0.3, 0.4) is 0 Å². The molecule has 0 aliphatic carbocycles. The molecule has 2 aromatic carbocycles. The molecule has 2 aromatic rings. The van der Waals surface area contributed by atoms with Crippen molar-refractivity contribution in [3.8, 4) is 23.0 Å². The van der Waals surface area contributed by atoms with Crippen LogP contribution in [0.4, 0.5) is 0 Å². The van der Waals surface area contributed by atoms with Gasteiger partial charge in [-0.3, -0.25) is 4.79 Å². The smallest absolute Gasteiger partial charge is 0.339 e. The van der Waals surface area contributed by atoms with Crippen molar-refractivity contribution in [2.75, 3.05) is 20.3 Å². The van der Waals surface area contributed by atoms with Crippen molar-refractivity contribution >= 4 is 11.8 Å². The SMILES string of the molecule is COc1c(O)ccc(C(=O)c2c(C(=O)OCCO)ccc(C)c2O)c1O. The first kappa shape index (κ1) is 19.1. The number of phenols is 3. The summed E-state index contributed by atoms with van der Waals surface area (Å²) in [6.07, 6.45) is 0. The van der Waals surface area contributed by atoms with E-state index in [4.69, 9.17) is 14.6 Å². The maximum Gasteiger partial charge on any atom is 0.339 e. The van der Waals surface area contributed by atoms with Gasteiger partial charge in [0, 0.05) is 0 Å². The summed E-state index contributed by atoms with van der Waals surface area (Å²) in [5.41, 5.74) is -0.539. The van der Waals surface area contributed by atoms with Crippen LogP contribution in [0.1, 0.15) is 31.8 Å². The number of phenolic OH excluding ortho intramolecular Hbond substituents is 3. The highest BCUT2D eigenvalue weighted by atomic mass is 16.5. The zero-order chi connectivity index (χ0) is 19.4. The van der Waals surface area contributed by atoms with Gasteiger partial charge in [0.25, 0.3) is 0 Å². The summed E-state index contributed by atoms with van der Waals surface area (Å²) in [5, 5.41) is 38.9. The molecule has 8 heteroatoms. The van der Waals surface area contributed by atoms with Gasteiger partial charge in [0.2, 0.25) is 11.5 Å². The van der Waals surface area contributed by atoms with Crippen molar-refractivity contribution in [2.24, 2.45) is 0 Å². The van der Waals surface area contributed by atoms with Crippen LogP contribution in [-0.2, 0) is 4.74 Å². The van der Waals surface area contributed by atoms with Gasteiger partial charge >= 0.3 is 5.97 Å². The number of benzene rings is 2. The van der Waals surface area contributed by atoms with E-state index in [1.807, 2.05) is 0 Å². The summed E-state index contributed by atoms with van der Waals surface area (Å²) in [5.74, 6) is -3.54. The molecule has 0 aromatic heterocycles. The molecule has 4 N–H and O–H groups in total. The van der Waals surface area contributed by atoms with Crippen LogP contribution in [0, 0.1) is 6.92 Å². The minimum atomic E-state index is -0.914. The minimum absolute atomic E-state index is 0.224. The standard InChI is InChI=1S/C18H18O8/c1-9-3-4-10(18(24)26-8-7-19)13(14(9)21)15(22)11-5-6-12(20)17(25-2)16(11)23/h3-6,19-21,23H,7-8H2,1-2H3. The van der Waals surface area contributed by atoms with Gasteiger partial charge < -0.3 is 29.9 Å². The number of ketones is 1. The van der Waals surface area contributed by atoms with Crippen molar-refractivity contribution in [3.63, 3.8) is 0 Å². The number of carbonyl (C=O) groups excluding carboxylic acids is 2. The summed E-state index contributed by atoms with van der Waals surface area (Å²) >= 11 is 0. The lowest BCUT2D eigenvalue weighted by molar-refractivity contribution is 0.0431. The number of hydrogen-bond acceptors (Lipinski definition) is 8. The van der Waals surface area contributed by atoms with Gasteiger partial charge in [-0.05, 0) is 30.7 Å². The molecule has 0 aliphatic rings. The van der Waals surface area contributed by atoms with Gasteiger partial charge in [0.05, 0.1) is 30.4 Å². The van der Waals surface area contributed by atoms with E-state index in [2.05, 4.69) is 0 Å². The molecule has 0 fully saturated rings. The minimum Gasteiger partial charge on any atom is -0.507 e. The Hall–Kier alpha value is -3.26. The van der Waals surface area contributed by atoms with Gasteiger partial charge in [-0.25, -0.2) is 4.79 Å². The first-order valence-electron chi connectivity index (χ1n) is 7.57. The molecule has 0 amide bonds. The van der Waals surface area contributed by atoms with Crippen LogP contribution < -0.4 is 4.74 Å². The van der Waals surface area contributed by atoms with Crippen LogP contribution in [0.2, 0.25) is 0 Å². The Labute approximate surface area is 148 Å². The average Bonchev–Trinajstić information content (AvgIpc) is 2.61. The Morgan fingerprint density at radius 2 is 1.65 bits per heavy atom. The van der Waals surface area contributed by atoms with E-state index in [-0.39, 0.29) is 34.8 Å². The van der Waals surface area contributed by atoms with Crippen molar-refractivity contribution in [3.05, 3.63) is 46.5 Å². The molecule has 0 spiro atoms. The lowest BCUT2D eigenvalue weighted by Crippen LogP contribution is -2.15. The molecule has 0 unspecified atom stereocenters. The molecule has 0 saturated heterocycles. The number of aromatic hydroxyl groups is 3. The molecular formula is C18H18O8. The molecular weight excluding hydrogens is 344 g/mol. The summed E-state index contributed by atoms with van der Waals surface area (Å²) in [7, 11) is 1.20. The maximum absolute atomic E-state index is 12.9. The fourth-order valence-corrected chi connectivity index (χ4v) is 2.39. The molecule has 26 heavy (non-hydrogen) atoms. The zero-order valence-electron chi connectivity index (χ0n) is 14.1. The van der Waals surface area contributed by atoms with Crippen LogP contribution in [0.5, 0.6) is 23.0 Å². The third-order valence-corrected chi connectivity index (χ3v) is 3.71. The average molecular weight is 362 g/mol. The molecule has 0 bridgehead atoms. The molecule has 2 rings (SSSR count). The van der Waals surface area contributed by atoms with Crippen molar-refractivity contribution in [1.29, 1.82) is 0 Å². The molecule has 0 atom stereocenters. The molecule has 0 aliphatic heterocycles. The quantitative estimate of drug-likeness (QED) is 0.449. The monoisotopic (exact) mass is 362 g/mol. The second kappa shape index (κ2) is 7.75. The Morgan fingerprint density at radius 1 is 1.00 bits per heavy atom. The number of ether oxygens (including phenoxy) is 2. The molecule has 0 radical (unpaired) electrons. The highest BCUT2D eigenvalue weighted by Gasteiger charge is 2.28. The van der Waals surface area contributed by atoms with Crippen molar-refractivity contribution < 1.29 is 39.5 Å². The van der Waals surface area contributed by atoms with Gasteiger partial charge in [-0.15, -0.1) is 0 Å². The van der Waals surface area contributed by atoms with Gasteiger partial charge in [0.15, 0.2) is 11.5 Å². The second-order valence-corrected chi connectivity index (χ2v) is 5.36. The molecule has 0 saturated carbocycles. The Kier molecular flexibility index (Phi) is 5.68. The molecule has 8 nitrogen and oxygen atoms in total. The van der Waals surface area contributed by atoms with E-state index in [0.717, 1.165) is 12.1 Å². The van der Waals surface area contributed by atoms with Gasteiger partial charge in [-0.1, -0.05) is 6.07 Å². The topological polar surface area (TPSA) is 134 Å². The summed E-state index contributed by atoms with van der Waals surface area (Å²) in [6.45, 7) is 0.856. The zero-order valence-corrected chi connectivity index (χ0v) is 14.1. The highest BCUT2D eigenvalue weighted by Crippen LogP contribution is 2.40. The van der Waals surface area contributed by atoms with Gasteiger partial charge in [-0.2, -0.15) is 0 Å². The highest BCUT2D eigenvalue weighted by molar-refractivity contribution is 6.17. The summed E-state index contributed by atoms with van der Waals surface area (Å²) in [6, 6.07) is 5.01. The van der Waals surface area contributed by atoms with E-state index in [1.165, 1.54) is 26.2 Å². The van der Waals surface area contributed by atoms with E-state index < -0.39 is 29.9 Å². The Balaban J connectivity index is 2.62. The third kappa shape index (κ3) is 3.40. The van der Waals surface area contributed by atoms with E-state index in [1.54, 1.807) is 0 Å². The van der Waals surface area contributed by atoms with E-state index >= 15 is 0 Å². The predicted molar refractivity (Wildman–Crippen MR) is 90.0 cm³/mol. The third-order valence-electron chi connectivity index (χ3n) is 3.71. The Bertz CT molecular complexity index is 857. The largest absolute Gasteiger partial charge is 0.507 e. The number of aliphatic hydroxyl groups is 1. The number of rotatable bonds is 6. The van der Waals surface area contributed by atoms with Crippen LogP contribution >= 0.6 is 0 Å². The van der Waals surface area contributed by atoms with Crippen LogP contribution in [-0.4, -0.2) is 52.5 Å². The van der Waals surface area contributed by atoms with E-state index in [9.17, 15) is 24.9 Å². The number of carbonyl (C=O) groups is 2. The fourth-order valence-electron chi connectivity index (χ4n) is 2.39. The molecule has 138 valence electrons. The second-order valence-electron chi connectivity index (χ2n) is 5.36. The number of esters is 1. The van der Waals surface area contributed by atoms with Crippen LogP contribution in [0.15, 0.2) is 24.3 Å². The first-order valence-corrected chi connectivity index (χ1v) is 7.57. The van der Waals surface area contributed by atoms with E-state index in [0.29, 0.717) is 5.56 Å². The number of methoxy groups -OCH3 is 1. The Morgan fingerprint density at radius 3 is 2.27 bits per heavy atom. The fraction of sp³-hybridized carbons (Fsp3) is 0.222. The van der Waals surface area contributed by atoms with Gasteiger partial charge in [0.1, 0.15) is 12.4 Å². The molecule has 0 heterocycles. The summed E-state index contributed by atoms with van der Waals surface area (Å²) < 4.78 is 9.67.